The van der Waals surface area contributed by atoms with E-state index >= 15 is 0 Å². The van der Waals surface area contributed by atoms with Crippen LogP contribution < -0.4 is 11.5 Å². The Morgan fingerprint density at radius 2 is 1.41 bits per heavy atom. The molecule has 1 aromatic carbocycles. The number of allylic oxidation sites excluding steroid dienone is 2. The van der Waals surface area contributed by atoms with Gasteiger partial charge in [0.25, 0.3) is 24.3 Å². The lowest BCUT2D eigenvalue weighted by atomic mass is 9.93. The molecule has 120 valence electrons. The van der Waals surface area contributed by atoms with Crippen molar-refractivity contribution in [1.29, 1.82) is 0 Å². The normalized spacial score (nSPS) is 20.5. The molecule has 1 aliphatic carbocycles. The van der Waals surface area contributed by atoms with Gasteiger partial charge < -0.3 is 11.5 Å². The van der Waals surface area contributed by atoms with Crippen molar-refractivity contribution in [3.8, 4) is 0 Å². The monoisotopic (exact) mass is 346 g/mol. The fourth-order valence-electron chi connectivity index (χ4n) is 2.26. The van der Waals surface area contributed by atoms with Crippen molar-refractivity contribution in [2.45, 2.75) is 9.74 Å². The molecule has 1 aromatic rings. The third-order valence-corrected chi connectivity index (χ3v) is 7.10. The van der Waals surface area contributed by atoms with Crippen LogP contribution in [0, 0.1) is 0 Å². The highest BCUT2D eigenvalue weighted by molar-refractivity contribution is 8.05. The fourth-order valence-corrected chi connectivity index (χ4v) is 4.91. The molecule has 0 unspecified atom stereocenters. The Bertz CT molecular complexity index is 822. The molecule has 0 spiro atoms. The number of rotatable bonds is 3. The van der Waals surface area contributed by atoms with Crippen LogP contribution in [0.15, 0.2) is 48.6 Å². The van der Waals surface area contributed by atoms with Gasteiger partial charge in [-0.3, -0.25) is 9.11 Å². The third kappa shape index (κ3) is 2.39. The lowest BCUT2D eigenvalue weighted by molar-refractivity contribution is 0.390. The number of hydrogen-bond acceptors (Lipinski definition) is 6. The molecule has 0 aliphatic heterocycles. The molecule has 10 heteroatoms. The van der Waals surface area contributed by atoms with E-state index in [0.717, 1.165) is 6.08 Å². The van der Waals surface area contributed by atoms with E-state index < -0.39 is 30.0 Å². The van der Waals surface area contributed by atoms with E-state index in [1.165, 1.54) is 6.08 Å². The van der Waals surface area contributed by atoms with E-state index in [0.29, 0.717) is 11.6 Å². The summed E-state index contributed by atoms with van der Waals surface area (Å²) < 4.78 is 62.4. The number of nitrogens with two attached hydrogens (primary N) is 2. The second kappa shape index (κ2) is 4.98. The van der Waals surface area contributed by atoms with Gasteiger partial charge in [0, 0.05) is 0 Å². The van der Waals surface area contributed by atoms with Gasteiger partial charge in [0.15, 0.2) is 0 Å². The van der Waals surface area contributed by atoms with Crippen LogP contribution in [0.1, 0.15) is 5.56 Å². The van der Waals surface area contributed by atoms with Crippen molar-refractivity contribution in [1.82, 2.24) is 0 Å². The van der Waals surface area contributed by atoms with Crippen molar-refractivity contribution >= 4 is 25.8 Å². The maximum absolute atomic E-state index is 11.7. The Morgan fingerprint density at radius 3 is 1.86 bits per heavy atom. The van der Waals surface area contributed by atoms with Crippen molar-refractivity contribution in [3.63, 3.8) is 0 Å². The van der Waals surface area contributed by atoms with Gasteiger partial charge >= 0.3 is 0 Å². The highest BCUT2D eigenvalue weighted by atomic mass is 32.3. The Morgan fingerprint density at radius 1 is 0.909 bits per heavy atom. The van der Waals surface area contributed by atoms with Crippen molar-refractivity contribution in [2.75, 3.05) is 0 Å². The summed E-state index contributed by atoms with van der Waals surface area (Å²) in [5, 5.41) is 0. The lowest BCUT2D eigenvalue weighted by Gasteiger charge is -2.39. The minimum Gasteiger partial charge on any atom is -0.308 e. The number of hydrogen-bond donors (Lipinski definition) is 4. The number of benzene rings is 1. The highest BCUT2D eigenvalue weighted by Gasteiger charge is 2.64. The fraction of sp³-hybridized carbons (Fsp3) is 0.167. The van der Waals surface area contributed by atoms with Crippen LogP contribution in [0.2, 0.25) is 0 Å². The maximum atomic E-state index is 11.7. The zero-order chi connectivity index (χ0) is 16.8. The molecule has 0 aromatic heterocycles. The topological polar surface area (TPSA) is 161 Å². The molecule has 0 saturated carbocycles. The van der Waals surface area contributed by atoms with Crippen LogP contribution in [0.3, 0.4) is 0 Å². The van der Waals surface area contributed by atoms with E-state index in [2.05, 4.69) is 0 Å². The van der Waals surface area contributed by atoms with E-state index in [9.17, 15) is 25.9 Å². The Labute approximate surface area is 127 Å². The van der Waals surface area contributed by atoms with Crippen LogP contribution >= 0.6 is 0 Å². The van der Waals surface area contributed by atoms with E-state index in [1.807, 2.05) is 0 Å². The maximum Gasteiger partial charge on any atom is 0.295 e. The minimum absolute atomic E-state index is 0.113. The van der Waals surface area contributed by atoms with Crippen molar-refractivity contribution < 1.29 is 25.9 Å². The molecule has 0 amide bonds. The second-order valence-electron chi connectivity index (χ2n) is 4.85. The molecule has 0 heterocycles. The molecule has 22 heavy (non-hydrogen) atoms. The van der Waals surface area contributed by atoms with Gasteiger partial charge in [-0.05, 0) is 23.3 Å². The van der Waals surface area contributed by atoms with Gasteiger partial charge in [-0.1, -0.05) is 36.4 Å². The first-order valence-electron chi connectivity index (χ1n) is 5.92. The van der Waals surface area contributed by atoms with E-state index in [4.69, 9.17) is 11.5 Å². The summed E-state index contributed by atoms with van der Waals surface area (Å²) in [5.74, 6) is 0. The van der Waals surface area contributed by atoms with Crippen LogP contribution in [0.4, 0.5) is 0 Å². The molecule has 0 radical (unpaired) electrons. The lowest BCUT2D eigenvalue weighted by Crippen LogP contribution is -2.71. The first-order valence-corrected chi connectivity index (χ1v) is 8.80. The molecule has 0 saturated heterocycles. The zero-order valence-electron chi connectivity index (χ0n) is 11.1. The van der Waals surface area contributed by atoms with Gasteiger partial charge in [-0.2, -0.15) is 16.8 Å². The first-order chi connectivity index (χ1) is 9.92. The molecular formula is C12H14N2O6S2. The summed E-state index contributed by atoms with van der Waals surface area (Å²) in [5.41, 5.74) is 9.08. The van der Waals surface area contributed by atoms with Gasteiger partial charge in [-0.15, -0.1) is 0 Å². The first kappa shape index (κ1) is 16.8. The zero-order valence-corrected chi connectivity index (χ0v) is 12.8. The average molecular weight is 346 g/mol. The molecule has 0 bridgehead atoms. The van der Waals surface area contributed by atoms with Crippen LogP contribution in [-0.4, -0.2) is 35.7 Å². The molecule has 6 N–H and O–H groups in total. The highest BCUT2D eigenvalue weighted by Crippen LogP contribution is 2.39. The smallest absolute Gasteiger partial charge is 0.295 e. The summed E-state index contributed by atoms with van der Waals surface area (Å²) in [7, 11) is -10.8. The van der Waals surface area contributed by atoms with Crippen LogP contribution in [0.5, 0.6) is 0 Å². The summed E-state index contributed by atoms with van der Waals surface area (Å²) in [6.45, 7) is 0. The van der Waals surface area contributed by atoms with Gasteiger partial charge in [0.05, 0.1) is 0 Å². The quantitative estimate of drug-likeness (QED) is 0.429. The van der Waals surface area contributed by atoms with Gasteiger partial charge in [0.2, 0.25) is 0 Å². The Balaban J connectivity index is 2.86. The summed E-state index contributed by atoms with van der Waals surface area (Å²) in [4.78, 5) is 0. The summed E-state index contributed by atoms with van der Waals surface area (Å²) >= 11 is 0. The molecule has 0 fully saturated rings. The molecule has 1 aliphatic rings. The summed E-state index contributed by atoms with van der Waals surface area (Å²) in [6.07, 6.45) is 2.84. The molecule has 8 nitrogen and oxygen atoms in total. The van der Waals surface area contributed by atoms with Gasteiger partial charge in [-0.25, -0.2) is 0 Å². The molecular weight excluding hydrogens is 332 g/mol. The Hall–Kier alpha value is -1.56. The second-order valence-corrected chi connectivity index (χ2v) is 8.30. The van der Waals surface area contributed by atoms with Crippen LogP contribution in [-0.2, 0) is 20.2 Å². The molecule has 0 atom stereocenters. The largest absolute Gasteiger partial charge is 0.308 e. The standard InChI is InChI=1S/C12H14N2O6S2/c13-11(14)7-6-10(9-4-2-1-3-5-9)8-12(11,21(15,16)17)22(18,19)20/h1-8H,13-14H2,(H,15,16,17)(H,18,19,20). The predicted octanol–water partition coefficient (Wildman–Crippen LogP) is -0.275. The van der Waals surface area contributed by atoms with Crippen molar-refractivity contribution in [2.24, 2.45) is 11.5 Å². The van der Waals surface area contributed by atoms with E-state index in [-0.39, 0.29) is 5.57 Å². The Kier molecular flexibility index (Phi) is 3.80. The SMILES string of the molecule is NC1(N)C=CC(c2ccccc2)=CC1(S(=O)(=O)O)S(=O)(=O)O. The average Bonchev–Trinajstić information content (AvgIpc) is 2.36. The van der Waals surface area contributed by atoms with Gasteiger partial charge in [0.1, 0.15) is 5.66 Å². The van der Waals surface area contributed by atoms with Crippen LogP contribution in [0.25, 0.3) is 5.57 Å². The summed E-state index contributed by atoms with van der Waals surface area (Å²) in [6, 6.07) is 8.13. The minimum atomic E-state index is -5.41. The van der Waals surface area contributed by atoms with E-state index in [1.54, 1.807) is 30.3 Å². The van der Waals surface area contributed by atoms with Crippen molar-refractivity contribution in [3.05, 3.63) is 54.1 Å². The third-order valence-electron chi connectivity index (χ3n) is 3.36. The molecule has 2 rings (SSSR count). The predicted molar refractivity (Wildman–Crippen MR) is 80.5 cm³/mol.